The Morgan fingerprint density at radius 1 is 1.30 bits per heavy atom. The average molecular weight is 303 g/mol. The number of nitrogens with one attached hydrogen (secondary N) is 1. The largest absolute Gasteiger partial charge is 0.465 e. The molecule has 1 rings (SSSR count). The van der Waals surface area contributed by atoms with Crippen LogP contribution in [0, 0.1) is 11.7 Å². The van der Waals surface area contributed by atoms with Gasteiger partial charge in [-0.3, -0.25) is 0 Å². The summed E-state index contributed by atoms with van der Waals surface area (Å²) in [5.41, 5.74) is -0.197. The van der Waals surface area contributed by atoms with E-state index in [1.165, 1.54) is 0 Å². The molecule has 0 aliphatic carbocycles. The van der Waals surface area contributed by atoms with Crippen LogP contribution in [0.3, 0.4) is 0 Å². The minimum absolute atomic E-state index is 0.0555. The maximum Gasteiger partial charge on any atom is 0.339 e. The molecule has 0 aliphatic rings. The lowest BCUT2D eigenvalue weighted by Crippen LogP contribution is -2.36. The summed E-state index contributed by atoms with van der Waals surface area (Å²) < 4.78 is 44.7. The van der Waals surface area contributed by atoms with Crippen LogP contribution in [-0.2, 0) is 14.8 Å². The second-order valence-corrected chi connectivity index (χ2v) is 6.47. The van der Waals surface area contributed by atoms with E-state index in [0.29, 0.717) is 0 Å². The van der Waals surface area contributed by atoms with Crippen molar-refractivity contribution in [3.05, 3.63) is 29.6 Å². The van der Waals surface area contributed by atoms with Gasteiger partial charge in [-0.25, -0.2) is 22.3 Å². The summed E-state index contributed by atoms with van der Waals surface area (Å²) in [7, 11) is -2.87. The molecule has 1 atom stereocenters. The first kappa shape index (κ1) is 16.6. The van der Waals surface area contributed by atoms with Crippen molar-refractivity contribution in [2.75, 3.05) is 7.11 Å². The van der Waals surface area contributed by atoms with E-state index in [-0.39, 0.29) is 17.5 Å². The molecule has 0 spiro atoms. The van der Waals surface area contributed by atoms with Crippen LogP contribution in [-0.4, -0.2) is 27.5 Å². The number of ether oxygens (including phenoxy) is 1. The molecule has 1 aromatic carbocycles. The number of hydrogen-bond acceptors (Lipinski definition) is 4. The molecule has 0 radical (unpaired) electrons. The van der Waals surface area contributed by atoms with Crippen molar-refractivity contribution >= 4 is 16.0 Å². The zero-order chi connectivity index (χ0) is 15.5. The highest BCUT2D eigenvalue weighted by atomic mass is 32.2. The molecule has 7 heteroatoms. The maximum atomic E-state index is 13.3. The summed E-state index contributed by atoms with van der Waals surface area (Å²) >= 11 is 0. The smallest absolute Gasteiger partial charge is 0.339 e. The van der Waals surface area contributed by atoms with Gasteiger partial charge in [0.25, 0.3) is 0 Å². The van der Waals surface area contributed by atoms with Gasteiger partial charge >= 0.3 is 5.97 Å². The Balaban J connectivity index is 3.30. The van der Waals surface area contributed by atoms with E-state index in [0.717, 1.165) is 25.3 Å². The first-order valence-corrected chi connectivity index (χ1v) is 7.57. The first-order chi connectivity index (χ1) is 9.19. The zero-order valence-electron chi connectivity index (χ0n) is 11.8. The third-order valence-electron chi connectivity index (χ3n) is 2.98. The third-order valence-corrected chi connectivity index (χ3v) is 4.58. The van der Waals surface area contributed by atoms with Crippen molar-refractivity contribution in [3.63, 3.8) is 0 Å². The number of hydrogen-bond donors (Lipinski definition) is 1. The first-order valence-electron chi connectivity index (χ1n) is 6.09. The molecule has 0 saturated carbocycles. The van der Waals surface area contributed by atoms with Gasteiger partial charge in [-0.05, 0) is 31.0 Å². The van der Waals surface area contributed by atoms with Crippen LogP contribution in [0.1, 0.15) is 31.1 Å². The molecular weight excluding hydrogens is 285 g/mol. The number of rotatable bonds is 5. The van der Waals surface area contributed by atoms with Gasteiger partial charge in [0.05, 0.1) is 17.6 Å². The summed E-state index contributed by atoms with van der Waals surface area (Å²) in [6.07, 6.45) is 0. The highest BCUT2D eigenvalue weighted by Crippen LogP contribution is 2.19. The van der Waals surface area contributed by atoms with Gasteiger partial charge in [-0.1, -0.05) is 13.8 Å². The van der Waals surface area contributed by atoms with Crippen molar-refractivity contribution in [2.24, 2.45) is 5.92 Å². The summed E-state index contributed by atoms with van der Waals surface area (Å²) in [6.45, 7) is 5.39. The maximum absolute atomic E-state index is 13.3. The third kappa shape index (κ3) is 3.77. The molecule has 0 aromatic heterocycles. The number of halogens is 1. The highest BCUT2D eigenvalue weighted by Gasteiger charge is 2.26. The summed E-state index contributed by atoms with van der Waals surface area (Å²) in [5, 5.41) is 0. The lowest BCUT2D eigenvalue weighted by molar-refractivity contribution is 0.0596. The van der Waals surface area contributed by atoms with E-state index in [4.69, 9.17) is 0 Å². The lowest BCUT2D eigenvalue weighted by atomic mass is 10.1. The van der Waals surface area contributed by atoms with Gasteiger partial charge in [0, 0.05) is 6.04 Å². The molecular formula is C13H18FNO4S. The predicted molar refractivity (Wildman–Crippen MR) is 72.4 cm³/mol. The molecule has 5 nitrogen and oxygen atoms in total. The quantitative estimate of drug-likeness (QED) is 0.844. The monoisotopic (exact) mass is 303 g/mol. The molecule has 0 heterocycles. The van der Waals surface area contributed by atoms with Gasteiger partial charge in [-0.15, -0.1) is 0 Å². The van der Waals surface area contributed by atoms with Gasteiger partial charge < -0.3 is 4.74 Å². The number of sulfonamides is 1. The predicted octanol–water partition coefficient (Wildman–Crippen LogP) is 1.94. The minimum atomic E-state index is -4.00. The topological polar surface area (TPSA) is 72.5 Å². The second-order valence-electron chi connectivity index (χ2n) is 4.79. The fourth-order valence-corrected chi connectivity index (χ4v) is 3.04. The van der Waals surface area contributed by atoms with Gasteiger partial charge in [0.1, 0.15) is 5.82 Å². The molecule has 0 amide bonds. The SMILES string of the molecule is COC(=O)c1ccc(F)cc1S(=O)(=O)NC(C)C(C)C. The van der Waals surface area contributed by atoms with Crippen LogP contribution in [0.25, 0.3) is 0 Å². The van der Waals surface area contributed by atoms with Crippen LogP contribution < -0.4 is 4.72 Å². The molecule has 0 saturated heterocycles. The van der Waals surface area contributed by atoms with Gasteiger partial charge in [0.15, 0.2) is 0 Å². The molecule has 1 aromatic rings. The van der Waals surface area contributed by atoms with E-state index in [2.05, 4.69) is 9.46 Å². The molecule has 0 fully saturated rings. The van der Waals surface area contributed by atoms with Crippen molar-refractivity contribution < 1.29 is 22.3 Å². The molecule has 0 aliphatic heterocycles. The number of benzene rings is 1. The number of methoxy groups -OCH3 is 1. The van der Waals surface area contributed by atoms with Crippen molar-refractivity contribution in [1.82, 2.24) is 4.72 Å². The molecule has 1 unspecified atom stereocenters. The van der Waals surface area contributed by atoms with E-state index in [1.807, 2.05) is 13.8 Å². The molecule has 1 N–H and O–H groups in total. The standard InChI is InChI=1S/C13H18FNO4S/c1-8(2)9(3)15-20(17,18)12-7-10(14)5-6-11(12)13(16)19-4/h5-9,15H,1-4H3. The lowest BCUT2D eigenvalue weighted by Gasteiger charge is -2.18. The second kappa shape index (κ2) is 6.32. The Morgan fingerprint density at radius 3 is 2.40 bits per heavy atom. The highest BCUT2D eigenvalue weighted by molar-refractivity contribution is 7.89. The summed E-state index contributed by atoms with van der Waals surface area (Å²) in [5.74, 6) is -1.52. The fourth-order valence-electron chi connectivity index (χ4n) is 1.44. The molecule has 20 heavy (non-hydrogen) atoms. The molecule has 112 valence electrons. The summed E-state index contributed by atoms with van der Waals surface area (Å²) in [4.78, 5) is 11.2. The van der Waals surface area contributed by atoms with Crippen LogP contribution in [0.5, 0.6) is 0 Å². The van der Waals surface area contributed by atoms with Crippen LogP contribution in [0.15, 0.2) is 23.1 Å². The van der Waals surface area contributed by atoms with Gasteiger partial charge in [-0.2, -0.15) is 0 Å². The van der Waals surface area contributed by atoms with Gasteiger partial charge in [0.2, 0.25) is 10.0 Å². The molecule has 0 bridgehead atoms. The van der Waals surface area contributed by atoms with Crippen molar-refractivity contribution in [2.45, 2.75) is 31.7 Å². The summed E-state index contributed by atoms with van der Waals surface area (Å²) in [6, 6.07) is 2.56. The fraction of sp³-hybridized carbons (Fsp3) is 0.462. The zero-order valence-corrected chi connectivity index (χ0v) is 12.6. The van der Waals surface area contributed by atoms with E-state index < -0.39 is 26.7 Å². The van der Waals surface area contributed by atoms with Crippen LogP contribution in [0.4, 0.5) is 4.39 Å². The average Bonchev–Trinajstić information content (AvgIpc) is 2.37. The van der Waals surface area contributed by atoms with E-state index in [1.54, 1.807) is 6.92 Å². The Hall–Kier alpha value is -1.47. The Kier molecular flexibility index (Phi) is 5.24. The van der Waals surface area contributed by atoms with E-state index in [9.17, 15) is 17.6 Å². The Morgan fingerprint density at radius 2 is 1.90 bits per heavy atom. The van der Waals surface area contributed by atoms with E-state index >= 15 is 0 Å². The Labute approximate surface area is 118 Å². The van der Waals surface area contributed by atoms with Crippen LogP contribution in [0.2, 0.25) is 0 Å². The minimum Gasteiger partial charge on any atom is -0.465 e. The Bertz CT molecular complexity index is 598. The van der Waals surface area contributed by atoms with Crippen molar-refractivity contribution in [3.8, 4) is 0 Å². The number of esters is 1. The van der Waals surface area contributed by atoms with Crippen molar-refractivity contribution in [1.29, 1.82) is 0 Å². The number of carbonyl (C=O) groups excluding carboxylic acids is 1. The number of carbonyl (C=O) groups is 1. The normalized spacial score (nSPS) is 13.3. The van der Waals surface area contributed by atoms with Crippen LogP contribution >= 0.6 is 0 Å².